The lowest BCUT2D eigenvalue weighted by Gasteiger charge is -2.37. The molecule has 2 nitrogen and oxygen atoms in total. The summed E-state index contributed by atoms with van der Waals surface area (Å²) >= 11 is 3.61. The lowest BCUT2D eigenvalue weighted by molar-refractivity contribution is 0.112. The Morgan fingerprint density at radius 3 is 2.61 bits per heavy atom. The molecular weight excluding hydrogens is 290 g/mol. The van der Waals surface area contributed by atoms with Gasteiger partial charge in [-0.05, 0) is 36.3 Å². The van der Waals surface area contributed by atoms with Crippen molar-refractivity contribution in [1.29, 1.82) is 0 Å². The van der Waals surface area contributed by atoms with Crippen LogP contribution in [-0.2, 0) is 0 Å². The minimum Gasteiger partial charge on any atom is -0.392 e. The largest absolute Gasteiger partial charge is 0.392 e. The molecule has 1 aromatic rings. The average Bonchev–Trinajstić information content (AvgIpc) is 2.28. The van der Waals surface area contributed by atoms with Crippen molar-refractivity contribution in [2.45, 2.75) is 44.8 Å². The third-order valence-electron chi connectivity index (χ3n) is 3.87. The van der Waals surface area contributed by atoms with Crippen LogP contribution < -0.4 is 5.32 Å². The highest BCUT2D eigenvalue weighted by atomic mass is 79.9. The van der Waals surface area contributed by atoms with Gasteiger partial charge in [0.25, 0.3) is 0 Å². The molecule has 0 heterocycles. The van der Waals surface area contributed by atoms with Crippen LogP contribution in [0.15, 0.2) is 28.7 Å². The summed E-state index contributed by atoms with van der Waals surface area (Å²) in [6.07, 6.45) is 2.12. The predicted octanol–water partition coefficient (Wildman–Crippen LogP) is 3.30. The zero-order valence-electron chi connectivity index (χ0n) is 11.1. The van der Waals surface area contributed by atoms with Gasteiger partial charge in [-0.25, -0.2) is 0 Å². The van der Waals surface area contributed by atoms with Crippen LogP contribution in [0.5, 0.6) is 0 Å². The van der Waals surface area contributed by atoms with E-state index < -0.39 is 0 Å². The summed E-state index contributed by atoms with van der Waals surface area (Å²) in [5.74, 6) is 0.992. The summed E-state index contributed by atoms with van der Waals surface area (Å²) in [5, 5.41) is 13.2. The molecule has 1 saturated carbocycles. The summed E-state index contributed by atoms with van der Waals surface area (Å²) in [6.45, 7) is 4.82. The molecule has 100 valence electrons. The monoisotopic (exact) mass is 311 g/mol. The maximum Gasteiger partial charge on any atom is 0.0687 e. The Bertz CT molecular complexity index is 388. The molecule has 2 N–H and O–H groups in total. The van der Waals surface area contributed by atoms with Crippen molar-refractivity contribution in [1.82, 2.24) is 5.32 Å². The maximum atomic E-state index is 9.75. The second-order valence-electron chi connectivity index (χ2n) is 5.61. The van der Waals surface area contributed by atoms with Crippen molar-refractivity contribution < 1.29 is 5.11 Å². The van der Waals surface area contributed by atoms with E-state index in [1.165, 1.54) is 22.9 Å². The predicted molar refractivity (Wildman–Crippen MR) is 78.8 cm³/mol. The van der Waals surface area contributed by atoms with Crippen molar-refractivity contribution in [3.05, 3.63) is 34.3 Å². The number of rotatable bonds is 5. The Hall–Kier alpha value is -0.380. The molecule has 0 aromatic heterocycles. The van der Waals surface area contributed by atoms with Gasteiger partial charge < -0.3 is 10.4 Å². The molecule has 3 heteroatoms. The average molecular weight is 312 g/mol. The SMILES string of the molecule is CC(C)C(O)CNC1CC(c2ccccc2Br)C1. The Balaban J connectivity index is 1.76. The van der Waals surface area contributed by atoms with Gasteiger partial charge in [0.2, 0.25) is 0 Å². The normalized spacial score (nSPS) is 24.9. The number of benzene rings is 1. The first-order valence-electron chi connectivity index (χ1n) is 6.73. The fourth-order valence-electron chi connectivity index (χ4n) is 2.37. The molecule has 1 unspecified atom stereocenters. The van der Waals surface area contributed by atoms with Crippen LogP contribution in [0.2, 0.25) is 0 Å². The quantitative estimate of drug-likeness (QED) is 0.874. The van der Waals surface area contributed by atoms with Gasteiger partial charge in [-0.1, -0.05) is 48.0 Å². The Morgan fingerprint density at radius 1 is 1.33 bits per heavy atom. The molecular formula is C15H22BrNO. The van der Waals surface area contributed by atoms with Gasteiger partial charge in [0, 0.05) is 17.1 Å². The van der Waals surface area contributed by atoms with E-state index in [1.807, 2.05) is 0 Å². The van der Waals surface area contributed by atoms with E-state index >= 15 is 0 Å². The van der Waals surface area contributed by atoms with Crippen LogP contribution in [0, 0.1) is 5.92 Å². The number of hydrogen-bond donors (Lipinski definition) is 2. The van der Waals surface area contributed by atoms with Crippen molar-refractivity contribution in [2.75, 3.05) is 6.54 Å². The van der Waals surface area contributed by atoms with Crippen LogP contribution >= 0.6 is 15.9 Å². The molecule has 0 amide bonds. The lowest BCUT2D eigenvalue weighted by Crippen LogP contribution is -2.44. The van der Waals surface area contributed by atoms with Gasteiger partial charge in [-0.3, -0.25) is 0 Å². The standard InChI is InChI=1S/C15H22BrNO/c1-10(2)15(18)9-17-12-7-11(8-12)13-5-3-4-6-14(13)16/h3-6,10-12,15,17-18H,7-9H2,1-2H3. The smallest absolute Gasteiger partial charge is 0.0687 e. The second kappa shape index (κ2) is 6.18. The molecule has 1 fully saturated rings. The van der Waals surface area contributed by atoms with Gasteiger partial charge in [-0.2, -0.15) is 0 Å². The van der Waals surface area contributed by atoms with E-state index in [4.69, 9.17) is 0 Å². The number of hydrogen-bond acceptors (Lipinski definition) is 2. The van der Waals surface area contributed by atoms with Crippen LogP contribution in [0.4, 0.5) is 0 Å². The molecule has 0 spiro atoms. The Kier molecular flexibility index (Phi) is 4.82. The van der Waals surface area contributed by atoms with Crippen molar-refractivity contribution in [2.24, 2.45) is 5.92 Å². The minimum absolute atomic E-state index is 0.229. The molecule has 0 bridgehead atoms. The molecule has 18 heavy (non-hydrogen) atoms. The van der Waals surface area contributed by atoms with Crippen molar-refractivity contribution in [3.8, 4) is 0 Å². The van der Waals surface area contributed by atoms with E-state index in [2.05, 4.69) is 59.4 Å². The first-order valence-corrected chi connectivity index (χ1v) is 7.53. The number of halogens is 1. The van der Waals surface area contributed by atoms with E-state index in [9.17, 15) is 5.11 Å². The molecule has 0 radical (unpaired) electrons. The van der Waals surface area contributed by atoms with Gasteiger partial charge in [0.05, 0.1) is 6.10 Å². The second-order valence-corrected chi connectivity index (χ2v) is 6.46. The number of aliphatic hydroxyl groups is 1. The molecule has 1 aromatic carbocycles. The summed E-state index contributed by atoms with van der Waals surface area (Å²) in [6, 6.07) is 9.03. The highest BCUT2D eigenvalue weighted by Gasteiger charge is 2.31. The number of aliphatic hydroxyl groups excluding tert-OH is 1. The Morgan fingerprint density at radius 2 is 2.00 bits per heavy atom. The van der Waals surface area contributed by atoms with Gasteiger partial charge >= 0.3 is 0 Å². The lowest BCUT2D eigenvalue weighted by atomic mass is 9.76. The van der Waals surface area contributed by atoms with Crippen molar-refractivity contribution >= 4 is 15.9 Å². The van der Waals surface area contributed by atoms with E-state index in [1.54, 1.807) is 0 Å². The van der Waals surface area contributed by atoms with Crippen LogP contribution in [0.1, 0.15) is 38.2 Å². The van der Waals surface area contributed by atoms with Crippen LogP contribution in [0.25, 0.3) is 0 Å². The summed E-state index contributed by atoms with van der Waals surface area (Å²) < 4.78 is 1.22. The van der Waals surface area contributed by atoms with Crippen LogP contribution in [-0.4, -0.2) is 23.8 Å². The van der Waals surface area contributed by atoms with E-state index in [-0.39, 0.29) is 6.10 Å². The van der Waals surface area contributed by atoms with Gasteiger partial charge in [0.15, 0.2) is 0 Å². The van der Waals surface area contributed by atoms with Crippen LogP contribution in [0.3, 0.4) is 0 Å². The molecule has 2 rings (SSSR count). The highest BCUT2D eigenvalue weighted by Crippen LogP contribution is 2.39. The summed E-state index contributed by atoms with van der Waals surface area (Å²) in [7, 11) is 0. The summed E-state index contributed by atoms with van der Waals surface area (Å²) in [5.41, 5.74) is 1.42. The maximum absolute atomic E-state index is 9.75. The fourth-order valence-corrected chi connectivity index (χ4v) is 2.98. The zero-order valence-corrected chi connectivity index (χ0v) is 12.7. The molecule has 0 saturated heterocycles. The third-order valence-corrected chi connectivity index (χ3v) is 4.59. The molecule has 1 aliphatic rings. The fraction of sp³-hybridized carbons (Fsp3) is 0.600. The molecule has 0 aliphatic heterocycles. The minimum atomic E-state index is -0.229. The van der Waals surface area contributed by atoms with E-state index in [0.29, 0.717) is 24.4 Å². The molecule has 1 aliphatic carbocycles. The zero-order chi connectivity index (χ0) is 13.1. The Labute approximate surface area is 118 Å². The van der Waals surface area contributed by atoms with Gasteiger partial charge in [0.1, 0.15) is 0 Å². The third kappa shape index (κ3) is 3.34. The first-order chi connectivity index (χ1) is 8.58. The topological polar surface area (TPSA) is 32.3 Å². The van der Waals surface area contributed by atoms with E-state index in [0.717, 1.165) is 0 Å². The molecule has 1 atom stereocenters. The van der Waals surface area contributed by atoms with Gasteiger partial charge in [-0.15, -0.1) is 0 Å². The summed E-state index contributed by atoms with van der Waals surface area (Å²) in [4.78, 5) is 0. The highest BCUT2D eigenvalue weighted by molar-refractivity contribution is 9.10. The van der Waals surface area contributed by atoms with Crippen molar-refractivity contribution in [3.63, 3.8) is 0 Å². The number of nitrogens with one attached hydrogen (secondary N) is 1. The first kappa shape index (κ1) is 14.0.